The van der Waals surface area contributed by atoms with Crippen molar-refractivity contribution < 1.29 is 14.3 Å². The highest BCUT2D eigenvalue weighted by Gasteiger charge is 2.24. The second-order valence-electron chi connectivity index (χ2n) is 7.81. The number of nitrogens with zero attached hydrogens (tertiary/aromatic N) is 3. The van der Waals surface area contributed by atoms with E-state index in [9.17, 15) is 4.79 Å². The molecular formula is C23H29N3O3. The van der Waals surface area contributed by atoms with Gasteiger partial charge >= 0.3 is 0 Å². The Balaban J connectivity index is 1.34. The van der Waals surface area contributed by atoms with Gasteiger partial charge in [0.2, 0.25) is 5.88 Å². The minimum absolute atomic E-state index is 0.0377. The zero-order chi connectivity index (χ0) is 20.2. The lowest BCUT2D eigenvalue weighted by molar-refractivity contribution is 0.0237. The summed E-state index contributed by atoms with van der Waals surface area (Å²) in [6, 6.07) is 10.0. The molecule has 6 nitrogen and oxygen atoms in total. The van der Waals surface area contributed by atoms with Crippen LogP contribution in [0.15, 0.2) is 36.5 Å². The summed E-state index contributed by atoms with van der Waals surface area (Å²) >= 11 is 0. The molecule has 0 saturated carbocycles. The maximum atomic E-state index is 12.9. The molecule has 2 saturated heterocycles. The zero-order valence-corrected chi connectivity index (χ0v) is 17.3. The van der Waals surface area contributed by atoms with Crippen LogP contribution in [-0.4, -0.2) is 61.3 Å². The second kappa shape index (κ2) is 8.82. The van der Waals surface area contributed by atoms with Gasteiger partial charge in [0, 0.05) is 57.0 Å². The summed E-state index contributed by atoms with van der Waals surface area (Å²) in [6.07, 6.45) is 3.55. The Kier molecular flexibility index (Phi) is 6.00. The fraction of sp³-hybridized carbons (Fsp3) is 0.478. The number of aromatic nitrogens is 1. The molecule has 154 valence electrons. The van der Waals surface area contributed by atoms with Gasteiger partial charge in [0.15, 0.2) is 0 Å². The minimum atomic E-state index is 0.0377. The van der Waals surface area contributed by atoms with E-state index in [0.717, 1.165) is 39.1 Å². The number of ether oxygens (including phenoxy) is 2. The third-order valence-electron chi connectivity index (χ3n) is 5.92. The first kappa shape index (κ1) is 19.7. The van der Waals surface area contributed by atoms with Gasteiger partial charge in [0.25, 0.3) is 5.91 Å². The van der Waals surface area contributed by atoms with Gasteiger partial charge < -0.3 is 19.3 Å². The molecule has 0 atom stereocenters. The van der Waals surface area contributed by atoms with Gasteiger partial charge in [-0.3, -0.25) is 4.79 Å². The van der Waals surface area contributed by atoms with Crippen LogP contribution in [0.4, 0.5) is 5.69 Å². The molecule has 6 heteroatoms. The SMILES string of the molecule is Cc1cccc(N2CCN(C(=O)c3ccc(OC4CCOCC4)nc3)CC2)c1C. The summed E-state index contributed by atoms with van der Waals surface area (Å²) in [5.41, 5.74) is 4.50. The number of carbonyl (C=O) groups is 1. The first-order valence-corrected chi connectivity index (χ1v) is 10.4. The van der Waals surface area contributed by atoms with Gasteiger partial charge in [-0.15, -0.1) is 0 Å². The number of piperazine rings is 1. The van der Waals surface area contributed by atoms with E-state index in [1.54, 1.807) is 12.3 Å². The summed E-state index contributed by atoms with van der Waals surface area (Å²) < 4.78 is 11.2. The molecule has 1 aromatic heterocycles. The fourth-order valence-electron chi connectivity index (χ4n) is 3.95. The standard InChI is InChI=1S/C23H29N3O3/c1-17-4-3-5-21(18(17)2)25-10-12-26(13-11-25)23(27)19-6-7-22(24-16-19)29-20-8-14-28-15-9-20/h3-7,16,20H,8-15H2,1-2H3. The van der Waals surface area contributed by atoms with E-state index >= 15 is 0 Å². The average molecular weight is 396 g/mol. The molecule has 0 spiro atoms. The highest BCUT2D eigenvalue weighted by molar-refractivity contribution is 5.94. The van der Waals surface area contributed by atoms with Crippen molar-refractivity contribution in [1.29, 1.82) is 0 Å². The quantitative estimate of drug-likeness (QED) is 0.796. The van der Waals surface area contributed by atoms with Crippen molar-refractivity contribution in [2.75, 3.05) is 44.3 Å². The van der Waals surface area contributed by atoms with Crippen LogP contribution >= 0.6 is 0 Å². The van der Waals surface area contributed by atoms with Crippen LogP contribution < -0.4 is 9.64 Å². The van der Waals surface area contributed by atoms with E-state index in [0.29, 0.717) is 24.5 Å². The van der Waals surface area contributed by atoms with Gasteiger partial charge in [-0.05, 0) is 37.1 Å². The topological polar surface area (TPSA) is 54.9 Å². The third kappa shape index (κ3) is 4.53. The van der Waals surface area contributed by atoms with Crippen molar-refractivity contribution in [2.45, 2.75) is 32.8 Å². The number of hydrogen-bond acceptors (Lipinski definition) is 5. The zero-order valence-electron chi connectivity index (χ0n) is 17.3. The van der Waals surface area contributed by atoms with Crippen LogP contribution in [0.3, 0.4) is 0 Å². The number of rotatable bonds is 4. The van der Waals surface area contributed by atoms with E-state index in [2.05, 4.69) is 41.9 Å². The average Bonchev–Trinajstić information content (AvgIpc) is 2.77. The molecule has 0 bridgehead atoms. The molecule has 0 aliphatic carbocycles. The van der Waals surface area contributed by atoms with Gasteiger partial charge in [-0.25, -0.2) is 4.98 Å². The first-order chi connectivity index (χ1) is 14.1. The van der Waals surface area contributed by atoms with Crippen LogP contribution in [0.5, 0.6) is 5.88 Å². The van der Waals surface area contributed by atoms with E-state index in [1.807, 2.05) is 11.0 Å². The number of carbonyl (C=O) groups excluding carboxylic acids is 1. The molecular weight excluding hydrogens is 366 g/mol. The number of aryl methyl sites for hydroxylation is 1. The summed E-state index contributed by atoms with van der Waals surface area (Å²) in [5.74, 6) is 0.615. The molecule has 2 aliphatic heterocycles. The lowest BCUT2D eigenvalue weighted by Gasteiger charge is -2.37. The molecule has 2 aromatic rings. The maximum Gasteiger partial charge on any atom is 0.255 e. The molecule has 0 N–H and O–H groups in total. The van der Waals surface area contributed by atoms with Crippen molar-refractivity contribution in [3.8, 4) is 5.88 Å². The molecule has 1 amide bonds. The number of anilines is 1. The Labute approximate surface area is 172 Å². The third-order valence-corrected chi connectivity index (χ3v) is 5.92. The Hall–Kier alpha value is -2.60. The Bertz CT molecular complexity index is 839. The van der Waals surface area contributed by atoms with Crippen LogP contribution in [-0.2, 0) is 4.74 Å². The van der Waals surface area contributed by atoms with Crippen molar-refractivity contribution >= 4 is 11.6 Å². The normalized spacial score (nSPS) is 18.0. The predicted molar refractivity (Wildman–Crippen MR) is 113 cm³/mol. The molecule has 3 heterocycles. The molecule has 0 unspecified atom stereocenters. The van der Waals surface area contributed by atoms with E-state index in [1.165, 1.54) is 16.8 Å². The summed E-state index contributed by atoms with van der Waals surface area (Å²) in [4.78, 5) is 21.5. The molecule has 4 rings (SSSR count). The molecule has 29 heavy (non-hydrogen) atoms. The number of benzene rings is 1. The first-order valence-electron chi connectivity index (χ1n) is 10.4. The van der Waals surface area contributed by atoms with Crippen molar-refractivity contribution in [2.24, 2.45) is 0 Å². The predicted octanol–water partition coefficient (Wildman–Crippen LogP) is 3.22. The number of pyridine rings is 1. The Morgan fingerprint density at radius 2 is 1.83 bits per heavy atom. The van der Waals surface area contributed by atoms with E-state index in [4.69, 9.17) is 9.47 Å². The van der Waals surface area contributed by atoms with Crippen molar-refractivity contribution in [1.82, 2.24) is 9.88 Å². The van der Waals surface area contributed by atoms with E-state index < -0.39 is 0 Å². The van der Waals surface area contributed by atoms with Crippen molar-refractivity contribution in [3.05, 3.63) is 53.2 Å². The minimum Gasteiger partial charge on any atom is -0.474 e. The summed E-state index contributed by atoms with van der Waals surface area (Å²) in [5, 5.41) is 0. The fourth-order valence-corrected chi connectivity index (χ4v) is 3.95. The molecule has 0 radical (unpaired) electrons. The molecule has 1 aromatic carbocycles. The Morgan fingerprint density at radius 3 is 2.52 bits per heavy atom. The molecule has 2 aliphatic rings. The highest BCUT2D eigenvalue weighted by Crippen LogP contribution is 2.24. The second-order valence-corrected chi connectivity index (χ2v) is 7.81. The van der Waals surface area contributed by atoms with Crippen LogP contribution in [0, 0.1) is 13.8 Å². The van der Waals surface area contributed by atoms with Crippen LogP contribution in [0.25, 0.3) is 0 Å². The summed E-state index contributed by atoms with van der Waals surface area (Å²) in [7, 11) is 0. The monoisotopic (exact) mass is 395 g/mol. The lowest BCUT2D eigenvalue weighted by atomic mass is 10.1. The number of amides is 1. The summed E-state index contributed by atoms with van der Waals surface area (Å²) in [6.45, 7) is 8.88. The van der Waals surface area contributed by atoms with Gasteiger partial charge in [0.1, 0.15) is 6.10 Å². The largest absolute Gasteiger partial charge is 0.474 e. The van der Waals surface area contributed by atoms with Crippen LogP contribution in [0.1, 0.15) is 34.3 Å². The van der Waals surface area contributed by atoms with Gasteiger partial charge in [-0.2, -0.15) is 0 Å². The van der Waals surface area contributed by atoms with Gasteiger partial charge in [-0.1, -0.05) is 12.1 Å². The van der Waals surface area contributed by atoms with Crippen LogP contribution in [0.2, 0.25) is 0 Å². The van der Waals surface area contributed by atoms with E-state index in [-0.39, 0.29) is 12.0 Å². The maximum absolute atomic E-state index is 12.9. The number of hydrogen-bond donors (Lipinski definition) is 0. The highest BCUT2D eigenvalue weighted by atomic mass is 16.5. The molecule has 2 fully saturated rings. The Morgan fingerprint density at radius 1 is 1.07 bits per heavy atom. The van der Waals surface area contributed by atoms with Gasteiger partial charge in [0.05, 0.1) is 18.8 Å². The lowest BCUT2D eigenvalue weighted by Crippen LogP contribution is -2.49. The van der Waals surface area contributed by atoms with Crippen molar-refractivity contribution in [3.63, 3.8) is 0 Å². The smallest absolute Gasteiger partial charge is 0.255 e.